The predicted octanol–water partition coefficient (Wildman–Crippen LogP) is 4.10. The molecule has 1 aliphatic heterocycles. The van der Waals surface area contributed by atoms with Gasteiger partial charge in [-0.3, -0.25) is 18.9 Å². The molecule has 0 radical (unpaired) electrons. The van der Waals surface area contributed by atoms with E-state index in [1.807, 2.05) is 25.1 Å². The lowest BCUT2D eigenvalue weighted by atomic mass is 10.2. The highest BCUT2D eigenvalue weighted by Gasteiger charge is 2.32. The third-order valence-corrected chi connectivity index (χ3v) is 5.67. The van der Waals surface area contributed by atoms with Crippen molar-refractivity contribution in [3.8, 4) is 11.6 Å². The summed E-state index contributed by atoms with van der Waals surface area (Å²) in [6.45, 7) is 2.53. The van der Waals surface area contributed by atoms with Gasteiger partial charge in [0.05, 0.1) is 4.91 Å². The first-order valence-corrected chi connectivity index (χ1v) is 10.3. The molecule has 0 aliphatic carbocycles. The Balaban J connectivity index is 1.85. The highest BCUT2D eigenvalue weighted by Crippen LogP contribution is 2.34. The molecule has 8 heteroatoms. The second kappa shape index (κ2) is 8.18. The van der Waals surface area contributed by atoms with Crippen molar-refractivity contribution in [2.24, 2.45) is 0 Å². The minimum absolute atomic E-state index is 0.146. The fraction of sp³-hybridized carbons (Fsp3) is 0.143. The zero-order valence-electron chi connectivity index (χ0n) is 15.6. The molecule has 2 aromatic heterocycles. The van der Waals surface area contributed by atoms with E-state index in [-0.39, 0.29) is 22.9 Å². The lowest BCUT2D eigenvalue weighted by molar-refractivity contribution is -0.122. The molecule has 0 atom stereocenters. The molecule has 4 rings (SSSR count). The Kier molecular flexibility index (Phi) is 5.46. The van der Waals surface area contributed by atoms with Crippen LogP contribution in [-0.4, -0.2) is 31.1 Å². The number of fused-ring (bicyclic) bond motifs is 1. The summed E-state index contributed by atoms with van der Waals surface area (Å²) in [5.41, 5.74) is 0.343. The lowest BCUT2D eigenvalue weighted by Gasteiger charge is -2.12. The van der Waals surface area contributed by atoms with E-state index < -0.39 is 0 Å². The second-order valence-electron chi connectivity index (χ2n) is 6.31. The zero-order valence-corrected chi connectivity index (χ0v) is 17.2. The number of thiocarbonyl (C=S) groups is 1. The van der Waals surface area contributed by atoms with Gasteiger partial charge >= 0.3 is 0 Å². The fourth-order valence-electron chi connectivity index (χ4n) is 2.93. The molecule has 3 aromatic rings. The van der Waals surface area contributed by atoms with Crippen molar-refractivity contribution >= 4 is 45.9 Å². The maximum atomic E-state index is 13.2. The number of thioether (sulfide) groups is 1. The van der Waals surface area contributed by atoms with Gasteiger partial charge in [-0.25, -0.2) is 0 Å². The standard InChI is InChI=1S/C21H17N3O3S2/c1-2-11-24-20(26)16(29-21(24)28)13-15-18(27-14-8-4-3-5-9-14)22-17-10-6-7-12-23(17)19(15)25/h3-10,12-13H,2,11H2,1H3. The molecule has 146 valence electrons. The van der Waals surface area contributed by atoms with Crippen molar-refractivity contribution in [3.63, 3.8) is 0 Å². The monoisotopic (exact) mass is 423 g/mol. The molecule has 1 fully saturated rings. The summed E-state index contributed by atoms with van der Waals surface area (Å²) in [5.74, 6) is 0.492. The van der Waals surface area contributed by atoms with Crippen LogP contribution in [0.5, 0.6) is 11.6 Å². The molecule has 3 heterocycles. The van der Waals surface area contributed by atoms with Gasteiger partial charge in [0, 0.05) is 12.7 Å². The molecule has 0 N–H and O–H groups in total. The number of nitrogens with zero attached hydrogens (tertiary/aromatic N) is 3. The van der Waals surface area contributed by atoms with E-state index in [2.05, 4.69) is 4.98 Å². The maximum absolute atomic E-state index is 13.2. The molecule has 1 aliphatic rings. The summed E-state index contributed by atoms with van der Waals surface area (Å²) >= 11 is 6.50. The number of aromatic nitrogens is 2. The number of para-hydroxylation sites is 1. The van der Waals surface area contributed by atoms with E-state index in [9.17, 15) is 9.59 Å². The van der Waals surface area contributed by atoms with Gasteiger partial charge in [0.15, 0.2) is 0 Å². The van der Waals surface area contributed by atoms with E-state index >= 15 is 0 Å². The van der Waals surface area contributed by atoms with Gasteiger partial charge in [0.25, 0.3) is 11.5 Å². The van der Waals surface area contributed by atoms with Crippen molar-refractivity contribution < 1.29 is 9.53 Å². The summed E-state index contributed by atoms with van der Waals surface area (Å²) in [6.07, 6.45) is 3.96. The minimum atomic E-state index is -0.317. The molecule has 0 unspecified atom stereocenters. The van der Waals surface area contributed by atoms with Gasteiger partial charge in [-0.2, -0.15) is 4.98 Å². The number of amides is 1. The average molecular weight is 424 g/mol. The van der Waals surface area contributed by atoms with Crippen LogP contribution in [0.25, 0.3) is 11.7 Å². The molecular formula is C21H17N3O3S2. The molecule has 1 amide bonds. The van der Waals surface area contributed by atoms with Crippen LogP contribution >= 0.6 is 24.0 Å². The zero-order chi connectivity index (χ0) is 20.4. The van der Waals surface area contributed by atoms with Crippen molar-refractivity contribution in [3.05, 3.63) is 75.6 Å². The Morgan fingerprint density at radius 2 is 1.90 bits per heavy atom. The molecular weight excluding hydrogens is 406 g/mol. The highest BCUT2D eigenvalue weighted by molar-refractivity contribution is 8.26. The first-order chi connectivity index (χ1) is 14.1. The van der Waals surface area contributed by atoms with Gasteiger partial charge in [0.2, 0.25) is 5.88 Å². The summed E-state index contributed by atoms with van der Waals surface area (Å²) in [5, 5.41) is 0. The summed E-state index contributed by atoms with van der Waals surface area (Å²) in [6, 6.07) is 14.4. The Bertz CT molecular complexity index is 1190. The number of hydrogen-bond acceptors (Lipinski definition) is 6. The highest BCUT2D eigenvalue weighted by atomic mass is 32.2. The van der Waals surface area contributed by atoms with Crippen molar-refractivity contribution in [2.75, 3.05) is 6.54 Å². The van der Waals surface area contributed by atoms with Crippen LogP contribution in [-0.2, 0) is 4.79 Å². The predicted molar refractivity (Wildman–Crippen MR) is 118 cm³/mol. The quantitative estimate of drug-likeness (QED) is 0.455. The lowest BCUT2D eigenvalue weighted by Crippen LogP contribution is -2.28. The van der Waals surface area contributed by atoms with Crippen molar-refractivity contribution in [1.82, 2.24) is 14.3 Å². The van der Waals surface area contributed by atoms with Crippen LogP contribution in [0.1, 0.15) is 18.9 Å². The number of carbonyl (C=O) groups excluding carboxylic acids is 1. The van der Waals surface area contributed by atoms with Crippen LogP contribution in [0.15, 0.2) is 64.4 Å². The third-order valence-electron chi connectivity index (χ3n) is 4.29. The normalized spacial score (nSPS) is 15.5. The molecule has 0 spiro atoms. The Labute approximate surface area is 176 Å². The summed E-state index contributed by atoms with van der Waals surface area (Å²) in [4.78, 5) is 32.3. The molecule has 6 nitrogen and oxygen atoms in total. The third kappa shape index (κ3) is 3.81. The second-order valence-corrected chi connectivity index (χ2v) is 7.99. The van der Waals surface area contributed by atoms with Gasteiger partial charge in [0.1, 0.15) is 21.3 Å². The van der Waals surface area contributed by atoms with Crippen molar-refractivity contribution in [2.45, 2.75) is 13.3 Å². The first-order valence-electron chi connectivity index (χ1n) is 9.08. The Hall–Kier alpha value is -2.97. The summed E-state index contributed by atoms with van der Waals surface area (Å²) in [7, 11) is 0. The van der Waals surface area contributed by atoms with E-state index in [0.29, 0.717) is 27.2 Å². The number of hydrogen-bond donors (Lipinski definition) is 0. The van der Waals surface area contributed by atoms with Crippen LogP contribution < -0.4 is 10.3 Å². The number of carbonyl (C=O) groups is 1. The van der Waals surface area contributed by atoms with Gasteiger partial charge in [-0.1, -0.05) is 55.2 Å². The van der Waals surface area contributed by atoms with Crippen LogP contribution in [0, 0.1) is 0 Å². The Morgan fingerprint density at radius 1 is 1.14 bits per heavy atom. The van der Waals surface area contributed by atoms with Crippen LogP contribution in [0.3, 0.4) is 0 Å². The average Bonchev–Trinajstić information content (AvgIpc) is 2.99. The van der Waals surface area contributed by atoms with E-state index in [4.69, 9.17) is 17.0 Å². The number of pyridine rings is 1. The van der Waals surface area contributed by atoms with Gasteiger partial charge in [-0.05, 0) is 36.8 Å². The molecule has 0 saturated carbocycles. The van der Waals surface area contributed by atoms with E-state index in [1.165, 1.54) is 22.2 Å². The maximum Gasteiger partial charge on any atom is 0.269 e. The molecule has 1 aromatic carbocycles. The van der Waals surface area contributed by atoms with Crippen molar-refractivity contribution in [1.29, 1.82) is 0 Å². The molecule has 0 bridgehead atoms. The summed E-state index contributed by atoms with van der Waals surface area (Å²) < 4.78 is 7.82. The van der Waals surface area contributed by atoms with Gasteiger partial charge in [-0.15, -0.1) is 0 Å². The first kappa shape index (κ1) is 19.4. The van der Waals surface area contributed by atoms with E-state index in [0.717, 1.165) is 6.42 Å². The largest absolute Gasteiger partial charge is 0.438 e. The minimum Gasteiger partial charge on any atom is -0.438 e. The smallest absolute Gasteiger partial charge is 0.269 e. The SMILES string of the molecule is CCCN1C(=O)C(=Cc2c(Oc3ccccc3)nc3ccccn3c2=O)SC1=S. The fourth-order valence-corrected chi connectivity index (χ4v) is 4.22. The van der Waals surface area contributed by atoms with E-state index in [1.54, 1.807) is 41.4 Å². The number of benzene rings is 1. The van der Waals surface area contributed by atoms with Gasteiger partial charge < -0.3 is 4.74 Å². The molecule has 29 heavy (non-hydrogen) atoms. The van der Waals surface area contributed by atoms with Crippen LogP contribution in [0.4, 0.5) is 0 Å². The van der Waals surface area contributed by atoms with Crippen LogP contribution in [0.2, 0.25) is 0 Å². The molecule has 1 saturated heterocycles. The number of rotatable bonds is 5. The topological polar surface area (TPSA) is 63.9 Å². The Morgan fingerprint density at radius 3 is 2.66 bits per heavy atom. The number of ether oxygens (including phenoxy) is 1.